The Kier molecular flexibility index (Phi) is 7.15. The molecule has 0 fully saturated rings. The van der Waals surface area contributed by atoms with E-state index in [1.807, 2.05) is 13.8 Å². The molecule has 0 aliphatic carbocycles. The fraction of sp³-hybridized carbons (Fsp3) is 0.400. The van der Waals surface area contributed by atoms with Gasteiger partial charge >= 0.3 is 5.97 Å². The smallest absolute Gasteiger partial charge is 0.326 e. The molecule has 0 unspecified atom stereocenters. The summed E-state index contributed by atoms with van der Waals surface area (Å²) in [7, 11) is 0. The Morgan fingerprint density at radius 3 is 2.43 bits per heavy atom. The van der Waals surface area contributed by atoms with E-state index in [0.717, 1.165) is 6.07 Å². The van der Waals surface area contributed by atoms with Crippen LogP contribution in [0, 0.1) is 11.7 Å². The fourth-order valence-electron chi connectivity index (χ4n) is 1.89. The van der Waals surface area contributed by atoms with Crippen molar-refractivity contribution in [1.29, 1.82) is 0 Å². The number of amides is 2. The first-order valence-electron chi connectivity index (χ1n) is 6.95. The highest BCUT2D eigenvalue weighted by atomic mass is 79.9. The number of halogens is 2. The second-order valence-electron chi connectivity index (χ2n) is 5.43. The number of carbonyl (C=O) groups excluding carboxylic acids is 2. The van der Waals surface area contributed by atoms with Crippen LogP contribution < -0.4 is 10.6 Å². The largest absolute Gasteiger partial charge is 0.480 e. The van der Waals surface area contributed by atoms with Crippen LogP contribution in [-0.2, 0) is 9.59 Å². The summed E-state index contributed by atoms with van der Waals surface area (Å²) in [5, 5.41) is 13.7. The van der Waals surface area contributed by atoms with Gasteiger partial charge in [-0.1, -0.05) is 29.8 Å². The van der Waals surface area contributed by atoms with Gasteiger partial charge in [-0.2, -0.15) is 0 Å². The molecular weight excluding hydrogens is 371 g/mol. The highest BCUT2D eigenvalue weighted by Gasteiger charge is 2.21. The van der Waals surface area contributed by atoms with Gasteiger partial charge in [-0.05, 0) is 30.5 Å². The van der Waals surface area contributed by atoms with Gasteiger partial charge in [0.2, 0.25) is 5.91 Å². The second kappa shape index (κ2) is 8.61. The molecular formula is C15H18BrFN2O4. The van der Waals surface area contributed by atoms with Crippen molar-refractivity contribution in [1.82, 2.24) is 10.6 Å². The summed E-state index contributed by atoms with van der Waals surface area (Å²) in [5.41, 5.74) is 0.0571. The molecule has 0 bridgehead atoms. The lowest BCUT2D eigenvalue weighted by molar-refractivity contribution is -0.142. The Morgan fingerprint density at radius 1 is 1.26 bits per heavy atom. The molecule has 1 atom stereocenters. The molecule has 0 aliphatic heterocycles. The summed E-state index contributed by atoms with van der Waals surface area (Å²) >= 11 is 3.07. The molecule has 8 heteroatoms. The highest BCUT2D eigenvalue weighted by Crippen LogP contribution is 2.14. The van der Waals surface area contributed by atoms with Gasteiger partial charge in [-0.3, -0.25) is 9.59 Å². The molecule has 0 heterocycles. The first-order valence-corrected chi connectivity index (χ1v) is 7.74. The van der Waals surface area contributed by atoms with Gasteiger partial charge in [0.25, 0.3) is 5.91 Å². The molecule has 0 aromatic heterocycles. The number of carboxylic acid groups (broad SMARTS) is 1. The number of benzene rings is 1. The predicted octanol–water partition coefficient (Wildman–Crippen LogP) is 1.93. The Labute approximate surface area is 141 Å². The summed E-state index contributed by atoms with van der Waals surface area (Å²) in [5.74, 6) is -2.88. The van der Waals surface area contributed by atoms with Gasteiger partial charge in [0.05, 0.1) is 6.54 Å². The number of carboxylic acids is 1. The van der Waals surface area contributed by atoms with E-state index in [1.165, 1.54) is 12.1 Å². The Bertz CT molecular complexity index is 587. The van der Waals surface area contributed by atoms with Gasteiger partial charge in [0.15, 0.2) is 0 Å². The number of aliphatic carboxylic acids is 1. The molecule has 2 amide bonds. The summed E-state index contributed by atoms with van der Waals surface area (Å²) in [6.45, 7) is 3.28. The molecule has 0 saturated carbocycles. The average molecular weight is 389 g/mol. The monoisotopic (exact) mass is 388 g/mol. The third-order valence-corrected chi connectivity index (χ3v) is 3.33. The minimum Gasteiger partial charge on any atom is -0.480 e. The molecule has 6 nitrogen and oxygen atoms in total. The van der Waals surface area contributed by atoms with Crippen molar-refractivity contribution in [3.05, 3.63) is 34.1 Å². The zero-order valence-electron chi connectivity index (χ0n) is 12.7. The normalized spacial score (nSPS) is 11.9. The first-order chi connectivity index (χ1) is 10.7. The Balaban J connectivity index is 2.57. The number of nitrogens with one attached hydrogen (secondary N) is 2. The summed E-state index contributed by atoms with van der Waals surface area (Å²) in [4.78, 5) is 34.6. The van der Waals surface area contributed by atoms with Crippen LogP contribution in [0.4, 0.5) is 4.39 Å². The molecule has 0 radical (unpaired) electrons. The van der Waals surface area contributed by atoms with Crippen molar-refractivity contribution in [3.8, 4) is 0 Å². The maximum absolute atomic E-state index is 13.2. The number of hydrogen-bond acceptors (Lipinski definition) is 3. The van der Waals surface area contributed by atoms with Crippen LogP contribution in [0.5, 0.6) is 0 Å². The van der Waals surface area contributed by atoms with Crippen molar-refractivity contribution >= 4 is 33.7 Å². The lowest BCUT2D eigenvalue weighted by Gasteiger charge is -2.16. The van der Waals surface area contributed by atoms with Gasteiger partial charge in [0, 0.05) is 10.0 Å². The topological polar surface area (TPSA) is 95.5 Å². The Morgan fingerprint density at radius 2 is 1.91 bits per heavy atom. The molecule has 0 saturated heterocycles. The third-order valence-electron chi connectivity index (χ3n) is 2.87. The van der Waals surface area contributed by atoms with Crippen molar-refractivity contribution < 1.29 is 23.9 Å². The SMILES string of the molecule is CC(C)C[C@H](NC(=O)CNC(=O)c1cc(F)cc(Br)c1)C(=O)O. The summed E-state index contributed by atoms with van der Waals surface area (Å²) in [6.07, 6.45) is 0.284. The number of rotatable bonds is 7. The molecule has 3 N–H and O–H groups in total. The van der Waals surface area contributed by atoms with E-state index >= 15 is 0 Å². The van der Waals surface area contributed by atoms with E-state index < -0.39 is 36.2 Å². The van der Waals surface area contributed by atoms with Gasteiger partial charge in [0.1, 0.15) is 11.9 Å². The van der Waals surface area contributed by atoms with Crippen LogP contribution in [0.1, 0.15) is 30.6 Å². The van der Waals surface area contributed by atoms with Crippen LogP contribution >= 0.6 is 15.9 Å². The third kappa shape index (κ3) is 6.77. The van der Waals surface area contributed by atoms with E-state index in [1.54, 1.807) is 0 Å². The van der Waals surface area contributed by atoms with Gasteiger partial charge in [-0.25, -0.2) is 9.18 Å². The van der Waals surface area contributed by atoms with Crippen LogP contribution in [0.15, 0.2) is 22.7 Å². The molecule has 1 aromatic carbocycles. The average Bonchev–Trinajstić information content (AvgIpc) is 2.42. The molecule has 0 spiro atoms. The lowest BCUT2D eigenvalue weighted by atomic mass is 10.0. The van der Waals surface area contributed by atoms with E-state index in [2.05, 4.69) is 26.6 Å². The standard InChI is InChI=1S/C15H18BrFN2O4/c1-8(2)3-12(15(22)23)19-13(20)7-18-14(21)9-4-10(16)6-11(17)5-9/h4-6,8,12H,3,7H2,1-2H3,(H,18,21)(H,19,20)(H,22,23)/t12-/m0/s1. The number of carbonyl (C=O) groups is 3. The van der Waals surface area contributed by atoms with Gasteiger partial charge in [-0.15, -0.1) is 0 Å². The molecule has 23 heavy (non-hydrogen) atoms. The van der Waals surface area contributed by atoms with E-state index in [4.69, 9.17) is 5.11 Å². The quantitative estimate of drug-likeness (QED) is 0.664. The summed E-state index contributed by atoms with van der Waals surface area (Å²) in [6, 6.07) is 2.64. The maximum atomic E-state index is 13.2. The van der Waals surface area contributed by atoms with Crippen molar-refractivity contribution in [2.45, 2.75) is 26.3 Å². The molecule has 1 aromatic rings. The predicted molar refractivity (Wildman–Crippen MR) is 85.5 cm³/mol. The molecule has 126 valence electrons. The second-order valence-corrected chi connectivity index (χ2v) is 6.34. The maximum Gasteiger partial charge on any atom is 0.326 e. The summed E-state index contributed by atoms with van der Waals surface area (Å²) < 4.78 is 13.6. The van der Waals surface area contributed by atoms with Crippen LogP contribution in [0.3, 0.4) is 0 Å². The fourth-order valence-corrected chi connectivity index (χ4v) is 2.35. The van der Waals surface area contributed by atoms with Gasteiger partial charge < -0.3 is 15.7 Å². The lowest BCUT2D eigenvalue weighted by Crippen LogP contribution is -2.46. The van der Waals surface area contributed by atoms with E-state index in [-0.39, 0.29) is 17.9 Å². The van der Waals surface area contributed by atoms with Crippen molar-refractivity contribution in [2.75, 3.05) is 6.54 Å². The van der Waals surface area contributed by atoms with Crippen molar-refractivity contribution in [3.63, 3.8) is 0 Å². The molecule has 1 rings (SSSR count). The highest BCUT2D eigenvalue weighted by molar-refractivity contribution is 9.10. The van der Waals surface area contributed by atoms with Crippen molar-refractivity contribution in [2.24, 2.45) is 5.92 Å². The zero-order chi connectivity index (χ0) is 17.6. The zero-order valence-corrected chi connectivity index (χ0v) is 14.3. The Hall–Kier alpha value is -1.96. The minimum absolute atomic E-state index is 0.0571. The first kappa shape index (κ1) is 19.1. The van der Waals surface area contributed by atoms with Crippen LogP contribution in [-0.4, -0.2) is 35.5 Å². The number of hydrogen-bond donors (Lipinski definition) is 3. The van der Waals surface area contributed by atoms with Crippen LogP contribution in [0.2, 0.25) is 0 Å². The van der Waals surface area contributed by atoms with Crippen LogP contribution in [0.25, 0.3) is 0 Å². The minimum atomic E-state index is -1.13. The molecule has 0 aliphatic rings. The van der Waals surface area contributed by atoms with E-state index in [9.17, 15) is 18.8 Å². The van der Waals surface area contributed by atoms with E-state index in [0.29, 0.717) is 4.47 Å².